The third-order valence-corrected chi connectivity index (χ3v) is 4.60. The van der Waals surface area contributed by atoms with Gasteiger partial charge in [-0.2, -0.15) is 35.0 Å². The van der Waals surface area contributed by atoms with Gasteiger partial charge < -0.3 is 0 Å². The third kappa shape index (κ3) is 4.02. The molecule has 1 saturated heterocycles. The van der Waals surface area contributed by atoms with E-state index in [0.29, 0.717) is 6.42 Å². The first-order valence-corrected chi connectivity index (χ1v) is 7.69. The van der Waals surface area contributed by atoms with Crippen LogP contribution in [0.2, 0.25) is 0 Å². The summed E-state index contributed by atoms with van der Waals surface area (Å²) in [5.41, 5.74) is -5.82. The van der Waals surface area contributed by atoms with Gasteiger partial charge in [-0.3, -0.25) is 0 Å². The monoisotopic (exact) mass is 362 g/mol. The van der Waals surface area contributed by atoms with E-state index in [2.05, 4.69) is 4.28 Å². The van der Waals surface area contributed by atoms with Crippen LogP contribution in [0.1, 0.15) is 26.2 Å². The fraction of sp³-hybridized carbons (Fsp3) is 1.00. The number of rotatable bonds is 5. The normalized spacial score (nSPS) is 28.1. The zero-order valence-electron chi connectivity index (χ0n) is 11.4. The molecule has 0 saturated carbocycles. The first kappa shape index (κ1) is 19.4. The molecule has 0 radical (unpaired) electrons. The van der Waals surface area contributed by atoms with Gasteiger partial charge >= 0.3 is 28.0 Å². The van der Waals surface area contributed by atoms with E-state index in [-0.39, 0.29) is 12.8 Å². The molecule has 1 aliphatic rings. The Labute approximate surface area is 122 Å². The molecule has 132 valence electrons. The minimum absolute atomic E-state index is 0.0761. The van der Waals surface area contributed by atoms with Gasteiger partial charge in [0.25, 0.3) is 0 Å². The molecule has 0 aromatic rings. The molecule has 0 amide bonds. The lowest BCUT2D eigenvalue weighted by molar-refractivity contribution is -1.10. The number of quaternary nitrogens is 1. The lowest BCUT2D eigenvalue weighted by atomic mass is 10.0. The summed E-state index contributed by atoms with van der Waals surface area (Å²) in [5.74, 6) is -4.67. The Morgan fingerprint density at radius 3 is 2.14 bits per heavy atom. The van der Waals surface area contributed by atoms with Gasteiger partial charge in [0.2, 0.25) is 0 Å². The van der Waals surface area contributed by atoms with Gasteiger partial charge in [0.05, 0.1) is 0 Å². The molecule has 1 rings (SSSR count). The number of hydroxylamine groups is 3. The number of hydrogen-bond donors (Lipinski definition) is 0. The molecule has 1 fully saturated rings. The smallest absolute Gasteiger partial charge is 0.203 e. The van der Waals surface area contributed by atoms with Crippen LogP contribution >= 0.6 is 0 Å². The van der Waals surface area contributed by atoms with Crippen molar-refractivity contribution in [2.24, 2.45) is 0 Å². The Bertz CT molecular complexity index is 493. The summed E-state index contributed by atoms with van der Waals surface area (Å²) in [6, 6.07) is -1.10. The average molecular weight is 362 g/mol. The number of nitrogens with zero attached hydrogens (tertiary/aromatic N) is 1. The minimum Gasteiger partial charge on any atom is -0.203 e. The lowest BCUT2D eigenvalue weighted by Crippen LogP contribution is -2.63. The quantitative estimate of drug-likeness (QED) is 0.429. The largest absolute Gasteiger partial charge is 0.528 e. The van der Waals surface area contributed by atoms with Crippen molar-refractivity contribution in [3.8, 4) is 0 Å². The summed E-state index contributed by atoms with van der Waals surface area (Å²) in [6.07, 6.45) is -3.55. The number of alkyl halides is 7. The predicted octanol–water partition coefficient (Wildman–Crippen LogP) is 3.06. The van der Waals surface area contributed by atoms with E-state index in [1.54, 1.807) is 0 Å². The second-order valence-corrected chi connectivity index (χ2v) is 6.74. The first-order chi connectivity index (χ1) is 9.74. The molecular formula is C10H15F7NO3S+. The van der Waals surface area contributed by atoms with Crippen LogP contribution in [-0.4, -0.2) is 50.1 Å². The number of piperidine rings is 1. The van der Waals surface area contributed by atoms with Crippen molar-refractivity contribution in [3.05, 3.63) is 0 Å². The molecule has 2 atom stereocenters. The van der Waals surface area contributed by atoms with E-state index < -0.39 is 51.8 Å². The molecule has 1 aliphatic heterocycles. The summed E-state index contributed by atoms with van der Waals surface area (Å²) in [7, 11) is -6.19. The molecule has 1 heterocycles. The molecule has 0 spiro atoms. The molecule has 0 aromatic heterocycles. The van der Waals surface area contributed by atoms with Crippen molar-refractivity contribution in [2.45, 2.75) is 50.1 Å². The zero-order chi connectivity index (χ0) is 17.4. The highest BCUT2D eigenvalue weighted by molar-refractivity contribution is 7.87. The Balaban J connectivity index is 3.19. The van der Waals surface area contributed by atoms with Gasteiger partial charge in [-0.1, -0.05) is 4.28 Å². The molecule has 2 unspecified atom stereocenters. The maximum atomic E-state index is 13.3. The number of hydrogen-bond acceptors (Lipinski definition) is 3. The van der Waals surface area contributed by atoms with Crippen LogP contribution in [0.15, 0.2) is 0 Å². The molecule has 4 nitrogen and oxygen atoms in total. The van der Waals surface area contributed by atoms with Gasteiger partial charge in [-0.15, -0.1) is 0 Å². The number of likely N-dealkylation sites (tertiary alicyclic amines) is 1. The Morgan fingerprint density at radius 2 is 1.73 bits per heavy atom. The molecular weight excluding hydrogens is 347 g/mol. The fourth-order valence-corrected chi connectivity index (χ4v) is 3.06. The Hall–Kier alpha value is -0.620. The summed E-state index contributed by atoms with van der Waals surface area (Å²) < 4.78 is 113. The molecule has 0 aliphatic carbocycles. The Kier molecular flexibility index (Phi) is 5.40. The van der Waals surface area contributed by atoms with E-state index >= 15 is 0 Å². The number of halogens is 7. The molecule has 22 heavy (non-hydrogen) atoms. The van der Waals surface area contributed by atoms with Gasteiger partial charge in [0.1, 0.15) is 12.6 Å². The van der Waals surface area contributed by atoms with Crippen molar-refractivity contribution in [1.29, 1.82) is 0 Å². The highest BCUT2D eigenvalue weighted by atomic mass is 32.2. The SMILES string of the molecule is CC1CCCC[N+]1(CC(F)(F)C(F)F)OS(=O)(=O)C(F)(F)F. The Morgan fingerprint density at radius 1 is 1.18 bits per heavy atom. The lowest BCUT2D eigenvalue weighted by Gasteiger charge is -2.43. The maximum Gasteiger partial charge on any atom is 0.528 e. The molecule has 0 aromatic carbocycles. The van der Waals surface area contributed by atoms with Crippen LogP contribution in [0.25, 0.3) is 0 Å². The minimum atomic E-state index is -6.19. The van der Waals surface area contributed by atoms with Crippen LogP contribution < -0.4 is 0 Å². The van der Waals surface area contributed by atoms with Gasteiger partial charge in [-0.05, 0) is 19.8 Å². The average Bonchev–Trinajstić information content (AvgIpc) is 2.30. The fourth-order valence-electron chi connectivity index (χ4n) is 2.31. The maximum absolute atomic E-state index is 13.3. The van der Waals surface area contributed by atoms with Crippen molar-refractivity contribution < 1.29 is 48.1 Å². The van der Waals surface area contributed by atoms with Crippen LogP contribution in [-0.2, 0) is 14.4 Å². The molecule has 0 N–H and O–H groups in total. The van der Waals surface area contributed by atoms with Crippen LogP contribution in [0.3, 0.4) is 0 Å². The van der Waals surface area contributed by atoms with Gasteiger partial charge in [-0.25, -0.2) is 8.78 Å². The van der Waals surface area contributed by atoms with E-state index in [0.717, 1.165) is 0 Å². The first-order valence-electron chi connectivity index (χ1n) is 6.29. The van der Waals surface area contributed by atoms with Crippen molar-refractivity contribution in [3.63, 3.8) is 0 Å². The summed E-state index contributed by atoms with van der Waals surface area (Å²) in [5, 5.41) is 0. The summed E-state index contributed by atoms with van der Waals surface area (Å²) >= 11 is 0. The zero-order valence-corrected chi connectivity index (χ0v) is 12.2. The van der Waals surface area contributed by atoms with Crippen molar-refractivity contribution >= 4 is 10.1 Å². The van der Waals surface area contributed by atoms with Crippen molar-refractivity contribution in [1.82, 2.24) is 0 Å². The van der Waals surface area contributed by atoms with Crippen molar-refractivity contribution in [2.75, 3.05) is 13.1 Å². The standard InChI is InChI=1S/C10H15F7NO3S/c1-7-4-2-3-5-18(7,6-9(13,14)8(11)12)21-22(19,20)10(15,16)17/h7-8H,2-6H2,1H3/q+1. The van der Waals surface area contributed by atoms with E-state index in [9.17, 15) is 39.2 Å². The molecule has 0 bridgehead atoms. The van der Waals surface area contributed by atoms with E-state index in [1.165, 1.54) is 6.92 Å². The van der Waals surface area contributed by atoms with E-state index in [1.807, 2.05) is 0 Å². The highest BCUT2D eigenvalue weighted by Gasteiger charge is 2.59. The van der Waals surface area contributed by atoms with Crippen LogP contribution in [0.5, 0.6) is 0 Å². The predicted molar refractivity (Wildman–Crippen MR) is 60.3 cm³/mol. The second kappa shape index (κ2) is 6.11. The summed E-state index contributed by atoms with van der Waals surface area (Å²) in [6.45, 7) is -1.19. The van der Waals surface area contributed by atoms with Gasteiger partial charge in [0, 0.05) is 6.42 Å². The topological polar surface area (TPSA) is 43.4 Å². The second-order valence-electron chi connectivity index (χ2n) is 5.22. The summed E-state index contributed by atoms with van der Waals surface area (Å²) in [4.78, 5) is 0. The third-order valence-electron chi connectivity index (χ3n) is 3.54. The van der Waals surface area contributed by atoms with Gasteiger partial charge in [0.15, 0.2) is 6.54 Å². The van der Waals surface area contributed by atoms with E-state index in [4.69, 9.17) is 0 Å². The highest BCUT2D eigenvalue weighted by Crippen LogP contribution is 2.37. The van der Waals surface area contributed by atoms with Crippen LogP contribution in [0.4, 0.5) is 30.7 Å². The van der Waals surface area contributed by atoms with Crippen LogP contribution in [0, 0.1) is 0 Å². The molecule has 12 heteroatoms.